The first kappa shape index (κ1) is 20.2. The second-order valence-electron chi connectivity index (χ2n) is 9.76. The number of carbonyl (C=O) groups excluding carboxylic acids is 2. The molecule has 1 aromatic carbocycles. The summed E-state index contributed by atoms with van der Waals surface area (Å²) in [6.45, 7) is 1.44. The molecule has 0 atom stereocenters. The van der Waals surface area contributed by atoms with E-state index in [1.54, 1.807) is 31.4 Å². The molecule has 1 aromatic rings. The predicted molar refractivity (Wildman–Crippen MR) is 113 cm³/mol. The Hall–Kier alpha value is -2.04. The molecule has 0 unspecified atom stereocenters. The van der Waals surface area contributed by atoms with Gasteiger partial charge in [-0.3, -0.25) is 9.59 Å². The van der Waals surface area contributed by atoms with Crippen LogP contribution in [0.4, 0.5) is 0 Å². The van der Waals surface area contributed by atoms with Crippen LogP contribution in [0.15, 0.2) is 24.3 Å². The molecule has 158 valence electrons. The molecule has 0 saturated heterocycles. The molecule has 5 heteroatoms. The van der Waals surface area contributed by atoms with Crippen LogP contribution in [0.2, 0.25) is 0 Å². The lowest BCUT2D eigenvalue weighted by Crippen LogP contribution is -2.51. The van der Waals surface area contributed by atoms with Crippen LogP contribution in [0, 0.1) is 23.2 Å². The van der Waals surface area contributed by atoms with E-state index in [4.69, 9.17) is 4.74 Å². The van der Waals surface area contributed by atoms with E-state index in [0.717, 1.165) is 30.0 Å². The number of ether oxygens (including phenoxy) is 1. The average Bonchev–Trinajstić information content (AvgIpc) is 2.69. The van der Waals surface area contributed by atoms with Crippen LogP contribution in [0.1, 0.15) is 61.7 Å². The molecule has 0 aromatic heterocycles. The number of methoxy groups -OCH3 is 1. The molecule has 5 nitrogen and oxygen atoms in total. The average molecular weight is 399 g/mol. The second kappa shape index (κ2) is 8.37. The van der Waals surface area contributed by atoms with E-state index in [9.17, 15) is 9.59 Å². The van der Waals surface area contributed by atoms with Crippen molar-refractivity contribution in [1.29, 1.82) is 0 Å². The molecule has 2 amide bonds. The summed E-state index contributed by atoms with van der Waals surface area (Å²) in [5.41, 5.74) is 0.998. The minimum Gasteiger partial charge on any atom is -0.497 e. The van der Waals surface area contributed by atoms with Crippen LogP contribution < -0.4 is 10.1 Å². The fourth-order valence-electron chi connectivity index (χ4n) is 6.55. The summed E-state index contributed by atoms with van der Waals surface area (Å²) in [7, 11) is 3.57. The van der Waals surface area contributed by atoms with Gasteiger partial charge in [-0.1, -0.05) is 0 Å². The number of nitrogens with one attached hydrogen (secondary N) is 1. The first-order chi connectivity index (χ1) is 14.0. The maximum absolute atomic E-state index is 12.7. The Bertz CT molecular complexity index is 708. The molecule has 0 spiro atoms. The van der Waals surface area contributed by atoms with Gasteiger partial charge < -0.3 is 15.0 Å². The normalized spacial score (nSPS) is 29.5. The maximum atomic E-state index is 12.7. The van der Waals surface area contributed by atoms with E-state index in [1.165, 1.54) is 38.5 Å². The van der Waals surface area contributed by atoms with Crippen molar-refractivity contribution in [2.24, 2.45) is 23.2 Å². The molecule has 29 heavy (non-hydrogen) atoms. The summed E-state index contributed by atoms with van der Waals surface area (Å²) >= 11 is 0. The summed E-state index contributed by atoms with van der Waals surface area (Å²) in [4.78, 5) is 26.8. The van der Waals surface area contributed by atoms with Crippen molar-refractivity contribution in [2.75, 3.05) is 27.2 Å². The number of benzene rings is 1. The predicted octanol–water partition coefficient (Wildman–Crippen LogP) is 3.88. The maximum Gasteiger partial charge on any atom is 0.251 e. The molecular weight excluding hydrogens is 364 g/mol. The molecule has 1 N–H and O–H groups in total. The van der Waals surface area contributed by atoms with Crippen LogP contribution in [0.25, 0.3) is 0 Å². The van der Waals surface area contributed by atoms with Gasteiger partial charge >= 0.3 is 0 Å². The minimum absolute atomic E-state index is 0.109. The number of amides is 2. The molecule has 5 rings (SSSR count). The smallest absolute Gasteiger partial charge is 0.251 e. The molecule has 4 aliphatic carbocycles. The quantitative estimate of drug-likeness (QED) is 0.676. The third-order valence-corrected chi connectivity index (χ3v) is 7.37. The third kappa shape index (κ3) is 4.59. The summed E-state index contributed by atoms with van der Waals surface area (Å²) in [6.07, 6.45) is 9.45. The minimum atomic E-state index is -0.109. The largest absolute Gasteiger partial charge is 0.497 e. The Morgan fingerprint density at radius 3 is 2.21 bits per heavy atom. The third-order valence-electron chi connectivity index (χ3n) is 7.37. The van der Waals surface area contributed by atoms with Crippen molar-refractivity contribution in [2.45, 2.75) is 51.4 Å². The van der Waals surface area contributed by atoms with Crippen LogP contribution in [-0.2, 0) is 4.79 Å². The van der Waals surface area contributed by atoms with Crippen LogP contribution in [0.3, 0.4) is 0 Å². The Labute approximate surface area is 174 Å². The SMILES string of the molecule is COc1ccc(C(=O)NCCCC(=O)N(C)CC23CC4CC(CC(C4)C2)C3)cc1. The van der Waals surface area contributed by atoms with Crippen molar-refractivity contribution >= 4 is 11.8 Å². The summed E-state index contributed by atoms with van der Waals surface area (Å²) in [5, 5.41) is 2.91. The highest BCUT2D eigenvalue weighted by Crippen LogP contribution is 2.60. The van der Waals surface area contributed by atoms with E-state index in [2.05, 4.69) is 5.32 Å². The molecular formula is C24H34N2O3. The van der Waals surface area contributed by atoms with Crippen molar-refractivity contribution in [3.05, 3.63) is 29.8 Å². The zero-order valence-electron chi connectivity index (χ0n) is 17.8. The Balaban J connectivity index is 1.19. The molecule has 0 aliphatic heterocycles. The lowest BCUT2D eigenvalue weighted by atomic mass is 9.49. The molecule has 0 heterocycles. The monoisotopic (exact) mass is 398 g/mol. The first-order valence-electron chi connectivity index (χ1n) is 11.1. The van der Waals surface area contributed by atoms with Gasteiger partial charge in [0.1, 0.15) is 5.75 Å². The van der Waals surface area contributed by atoms with Gasteiger partial charge in [0.15, 0.2) is 0 Å². The summed E-state index contributed by atoms with van der Waals surface area (Å²) < 4.78 is 5.11. The van der Waals surface area contributed by atoms with Crippen LogP contribution in [-0.4, -0.2) is 44.0 Å². The Morgan fingerprint density at radius 2 is 1.66 bits per heavy atom. The number of carbonyl (C=O) groups is 2. The number of rotatable bonds is 8. The van der Waals surface area contributed by atoms with Crippen molar-refractivity contribution in [3.63, 3.8) is 0 Å². The number of hydrogen-bond acceptors (Lipinski definition) is 3. The first-order valence-corrected chi connectivity index (χ1v) is 11.1. The van der Waals surface area contributed by atoms with E-state index in [1.807, 2.05) is 11.9 Å². The van der Waals surface area contributed by atoms with Gasteiger partial charge in [0, 0.05) is 32.1 Å². The fraction of sp³-hybridized carbons (Fsp3) is 0.667. The van der Waals surface area contributed by atoms with Gasteiger partial charge in [-0.2, -0.15) is 0 Å². The molecule has 4 bridgehead atoms. The number of hydrogen-bond donors (Lipinski definition) is 1. The van der Waals surface area contributed by atoms with Gasteiger partial charge in [-0.05, 0) is 92.4 Å². The van der Waals surface area contributed by atoms with Gasteiger partial charge in [0.05, 0.1) is 7.11 Å². The zero-order chi connectivity index (χ0) is 20.4. The van der Waals surface area contributed by atoms with Crippen molar-refractivity contribution in [1.82, 2.24) is 10.2 Å². The number of nitrogens with zero attached hydrogens (tertiary/aromatic N) is 1. The summed E-state index contributed by atoms with van der Waals surface area (Å²) in [5.74, 6) is 3.57. The molecule has 4 fully saturated rings. The van der Waals surface area contributed by atoms with Gasteiger partial charge in [-0.25, -0.2) is 0 Å². The van der Waals surface area contributed by atoms with E-state index in [-0.39, 0.29) is 11.8 Å². The molecule has 4 saturated carbocycles. The summed E-state index contributed by atoms with van der Waals surface area (Å²) in [6, 6.07) is 7.05. The van der Waals surface area contributed by atoms with Crippen LogP contribution in [0.5, 0.6) is 5.75 Å². The molecule has 4 aliphatic rings. The van der Waals surface area contributed by atoms with E-state index in [0.29, 0.717) is 30.4 Å². The Morgan fingerprint density at radius 1 is 1.07 bits per heavy atom. The second-order valence-corrected chi connectivity index (χ2v) is 9.76. The van der Waals surface area contributed by atoms with Crippen molar-refractivity contribution < 1.29 is 14.3 Å². The van der Waals surface area contributed by atoms with Gasteiger partial charge in [0.25, 0.3) is 5.91 Å². The van der Waals surface area contributed by atoms with Gasteiger partial charge in [0.2, 0.25) is 5.91 Å². The van der Waals surface area contributed by atoms with Gasteiger partial charge in [-0.15, -0.1) is 0 Å². The highest BCUT2D eigenvalue weighted by atomic mass is 16.5. The fourth-order valence-corrected chi connectivity index (χ4v) is 6.55. The highest BCUT2D eigenvalue weighted by molar-refractivity contribution is 5.94. The van der Waals surface area contributed by atoms with Crippen LogP contribution >= 0.6 is 0 Å². The van der Waals surface area contributed by atoms with E-state index < -0.39 is 0 Å². The van der Waals surface area contributed by atoms with Crippen molar-refractivity contribution in [3.8, 4) is 5.75 Å². The topological polar surface area (TPSA) is 58.6 Å². The lowest BCUT2D eigenvalue weighted by molar-refractivity contribution is -0.135. The zero-order valence-corrected chi connectivity index (χ0v) is 17.8. The highest BCUT2D eigenvalue weighted by Gasteiger charge is 2.51. The Kier molecular flexibility index (Phi) is 5.84. The standard InChI is InChI=1S/C24H34N2O3/c1-26(16-24-13-17-10-18(14-24)12-19(11-17)15-24)22(27)4-3-9-25-23(28)20-5-7-21(29-2)8-6-20/h5-8,17-19H,3-4,9-16H2,1-2H3,(H,25,28). The lowest BCUT2D eigenvalue weighted by Gasteiger charge is -2.57. The van der Waals surface area contributed by atoms with E-state index >= 15 is 0 Å². The molecule has 0 radical (unpaired) electrons.